The molecule has 23 heavy (non-hydrogen) atoms. The van der Waals surface area contributed by atoms with Crippen LogP contribution >= 0.6 is 12.4 Å². The molecule has 140 valence electrons. The van der Waals surface area contributed by atoms with Crippen LogP contribution in [0.4, 0.5) is 4.79 Å². The molecule has 0 aromatic carbocycles. The number of carbonyl (C=O) groups excluding carboxylic acids is 1. The van der Waals surface area contributed by atoms with Crippen LogP contribution in [-0.2, 0) is 0 Å². The highest BCUT2D eigenvalue weighted by Gasteiger charge is 2.25. The van der Waals surface area contributed by atoms with Gasteiger partial charge in [0.2, 0.25) is 0 Å². The predicted octanol–water partition coefficient (Wildman–Crippen LogP) is 4.34. The summed E-state index contributed by atoms with van der Waals surface area (Å²) in [6.07, 6.45) is 1.06. The molecule has 0 rings (SSSR count). The van der Waals surface area contributed by atoms with E-state index in [1.807, 2.05) is 4.90 Å². The fourth-order valence-electron chi connectivity index (χ4n) is 2.72. The van der Waals surface area contributed by atoms with Gasteiger partial charge in [-0.1, -0.05) is 27.7 Å². The number of rotatable bonds is 10. The van der Waals surface area contributed by atoms with Gasteiger partial charge in [-0.25, -0.2) is 4.79 Å². The molecule has 0 heterocycles. The summed E-state index contributed by atoms with van der Waals surface area (Å²) in [6.45, 7) is 21.9. The summed E-state index contributed by atoms with van der Waals surface area (Å²) in [7, 11) is 0. The van der Waals surface area contributed by atoms with Gasteiger partial charge in [0.1, 0.15) is 0 Å². The Labute approximate surface area is 151 Å². The van der Waals surface area contributed by atoms with Crippen molar-refractivity contribution in [3.8, 4) is 0 Å². The Bertz CT molecular complexity index is 297. The minimum atomic E-state index is 0. The number of carbonyl (C=O) groups is 1. The lowest BCUT2D eigenvalue weighted by Gasteiger charge is -2.37. The first-order valence-corrected chi connectivity index (χ1v) is 9.04. The van der Waals surface area contributed by atoms with Crippen molar-refractivity contribution in [3.05, 3.63) is 0 Å². The van der Waals surface area contributed by atoms with Gasteiger partial charge in [-0.2, -0.15) is 0 Å². The van der Waals surface area contributed by atoms with Crippen LogP contribution in [-0.4, -0.2) is 65.5 Å². The van der Waals surface area contributed by atoms with E-state index >= 15 is 0 Å². The third kappa shape index (κ3) is 9.41. The summed E-state index contributed by atoms with van der Waals surface area (Å²) < 4.78 is 0. The largest absolute Gasteiger partial charge is 0.323 e. The van der Waals surface area contributed by atoms with Crippen LogP contribution in [0, 0.1) is 5.92 Å². The van der Waals surface area contributed by atoms with E-state index in [0.29, 0.717) is 5.92 Å². The van der Waals surface area contributed by atoms with Gasteiger partial charge in [0.15, 0.2) is 0 Å². The van der Waals surface area contributed by atoms with Crippen molar-refractivity contribution in [2.75, 3.05) is 32.7 Å². The van der Waals surface area contributed by atoms with E-state index in [2.05, 4.69) is 65.2 Å². The Balaban J connectivity index is 0. The van der Waals surface area contributed by atoms with Crippen molar-refractivity contribution in [1.82, 2.24) is 14.7 Å². The maximum atomic E-state index is 13.0. The van der Waals surface area contributed by atoms with Crippen LogP contribution < -0.4 is 0 Å². The molecule has 4 nitrogen and oxygen atoms in total. The van der Waals surface area contributed by atoms with Gasteiger partial charge >= 0.3 is 6.03 Å². The van der Waals surface area contributed by atoms with E-state index < -0.39 is 0 Å². The highest BCUT2D eigenvalue weighted by atomic mass is 35.5. The fourth-order valence-corrected chi connectivity index (χ4v) is 2.72. The van der Waals surface area contributed by atoms with Gasteiger partial charge in [0.05, 0.1) is 0 Å². The van der Waals surface area contributed by atoms with Crippen LogP contribution in [0.15, 0.2) is 0 Å². The van der Waals surface area contributed by atoms with Crippen molar-refractivity contribution in [3.63, 3.8) is 0 Å². The molecule has 0 saturated heterocycles. The first kappa shape index (κ1) is 24.8. The topological polar surface area (TPSA) is 26.8 Å². The monoisotopic (exact) mass is 349 g/mol. The summed E-state index contributed by atoms with van der Waals surface area (Å²) in [5.41, 5.74) is 0. The third-order valence-electron chi connectivity index (χ3n) is 4.16. The van der Waals surface area contributed by atoms with E-state index in [4.69, 9.17) is 0 Å². The average Bonchev–Trinajstić information content (AvgIpc) is 2.41. The molecule has 0 aliphatic heterocycles. The molecule has 0 radical (unpaired) electrons. The van der Waals surface area contributed by atoms with Crippen molar-refractivity contribution in [2.45, 2.75) is 73.9 Å². The van der Waals surface area contributed by atoms with E-state index in [1.54, 1.807) is 0 Å². The molecule has 0 fully saturated rings. The molecule has 0 atom stereocenters. The molecule has 0 bridgehead atoms. The molecule has 0 N–H and O–H groups in total. The lowest BCUT2D eigenvalue weighted by molar-refractivity contribution is 0.117. The zero-order valence-corrected chi connectivity index (χ0v) is 17.4. The van der Waals surface area contributed by atoms with Crippen LogP contribution in [0.5, 0.6) is 0 Å². The van der Waals surface area contributed by atoms with Gasteiger partial charge in [-0.15, -0.1) is 12.4 Å². The Kier molecular flexibility index (Phi) is 13.9. The van der Waals surface area contributed by atoms with Crippen LogP contribution in [0.3, 0.4) is 0 Å². The molecule has 0 aliphatic carbocycles. The van der Waals surface area contributed by atoms with E-state index in [-0.39, 0.29) is 30.5 Å². The fraction of sp³-hybridized carbons (Fsp3) is 0.944. The minimum Gasteiger partial charge on any atom is -0.323 e. The zero-order chi connectivity index (χ0) is 17.3. The quantitative estimate of drug-likeness (QED) is 0.586. The van der Waals surface area contributed by atoms with Gasteiger partial charge in [-0.05, 0) is 53.1 Å². The number of likely N-dealkylation sites (N-methyl/N-ethyl adjacent to an activating group) is 1. The van der Waals surface area contributed by atoms with Crippen LogP contribution in [0.25, 0.3) is 0 Å². The Hall–Kier alpha value is -0.480. The number of amides is 2. The molecule has 0 aromatic heterocycles. The number of hydrogen-bond acceptors (Lipinski definition) is 2. The zero-order valence-electron chi connectivity index (χ0n) is 16.6. The van der Waals surface area contributed by atoms with Crippen molar-refractivity contribution in [1.29, 1.82) is 0 Å². The molecular weight excluding hydrogens is 310 g/mol. The summed E-state index contributed by atoms with van der Waals surface area (Å²) in [5.74, 6) is 0.621. The molecule has 0 spiro atoms. The summed E-state index contributed by atoms with van der Waals surface area (Å²) in [4.78, 5) is 19.4. The van der Waals surface area contributed by atoms with Crippen molar-refractivity contribution < 1.29 is 4.79 Å². The maximum absolute atomic E-state index is 13.0. The SMILES string of the molecule is CCN(CC)CCN(CCC(C)C)C(=O)N(C(C)C)C(C)C.Cl. The second-order valence-corrected chi connectivity index (χ2v) is 7.07. The lowest BCUT2D eigenvalue weighted by Crippen LogP contribution is -2.51. The van der Waals surface area contributed by atoms with Gasteiger partial charge in [0.25, 0.3) is 0 Å². The number of halogens is 1. The Morgan fingerprint density at radius 2 is 1.30 bits per heavy atom. The minimum absolute atomic E-state index is 0. The molecule has 0 aromatic rings. The Morgan fingerprint density at radius 1 is 0.826 bits per heavy atom. The average molecular weight is 350 g/mol. The highest BCUT2D eigenvalue weighted by Crippen LogP contribution is 2.12. The molecular formula is C18H40ClN3O. The van der Waals surface area contributed by atoms with Crippen molar-refractivity contribution in [2.24, 2.45) is 5.92 Å². The van der Waals surface area contributed by atoms with E-state index in [1.165, 1.54) is 0 Å². The summed E-state index contributed by atoms with van der Waals surface area (Å²) in [6, 6.07) is 0.669. The van der Waals surface area contributed by atoms with Crippen molar-refractivity contribution >= 4 is 18.4 Å². The maximum Gasteiger partial charge on any atom is 0.320 e. The van der Waals surface area contributed by atoms with Crippen LogP contribution in [0.2, 0.25) is 0 Å². The standard InChI is InChI=1S/C18H39N3O.ClH/c1-9-19(10-2)13-14-20(12-11-15(3)4)18(22)21(16(5)6)17(7)8;/h15-17H,9-14H2,1-8H3;1H. The second kappa shape index (κ2) is 12.9. The van der Waals surface area contributed by atoms with Crippen LogP contribution in [0.1, 0.15) is 61.8 Å². The number of nitrogens with zero attached hydrogens (tertiary/aromatic N) is 3. The van der Waals surface area contributed by atoms with Gasteiger partial charge in [-0.3, -0.25) is 0 Å². The smallest absolute Gasteiger partial charge is 0.320 e. The summed E-state index contributed by atoms with van der Waals surface area (Å²) in [5, 5.41) is 0. The lowest BCUT2D eigenvalue weighted by atomic mass is 10.1. The number of urea groups is 1. The van der Waals surface area contributed by atoms with E-state index in [9.17, 15) is 4.79 Å². The van der Waals surface area contributed by atoms with Gasteiger partial charge < -0.3 is 14.7 Å². The molecule has 5 heteroatoms. The predicted molar refractivity (Wildman–Crippen MR) is 104 cm³/mol. The third-order valence-corrected chi connectivity index (χ3v) is 4.16. The first-order chi connectivity index (χ1) is 10.2. The van der Waals surface area contributed by atoms with Gasteiger partial charge in [0, 0.05) is 31.7 Å². The molecule has 2 amide bonds. The molecule has 0 saturated carbocycles. The first-order valence-electron chi connectivity index (χ1n) is 9.04. The van der Waals surface area contributed by atoms with E-state index in [0.717, 1.165) is 39.1 Å². The molecule has 0 aliphatic rings. The summed E-state index contributed by atoms with van der Waals surface area (Å²) >= 11 is 0. The Morgan fingerprint density at radius 3 is 1.65 bits per heavy atom. The second-order valence-electron chi connectivity index (χ2n) is 7.07. The molecule has 0 unspecified atom stereocenters. The highest BCUT2D eigenvalue weighted by molar-refractivity contribution is 5.85. The number of hydrogen-bond donors (Lipinski definition) is 0. The normalized spacial score (nSPS) is 11.3.